The standard InChI is InChI=1S/C33H41N3O/c1-7-22(30-20-35-32(4,5)36-30)10-9-21(3)24-12-13-25(28-19-33(6,8-2)18-27(24)28)23-11-14-29-26(17-23)31(37)15-16-34-29/h9,11,14-17,20,22H,7-8,10,12-13,18-19H2,1-6H3,(H,34,37)/b21-9+. The summed E-state index contributed by atoms with van der Waals surface area (Å²) in [6.45, 7) is 13.5. The minimum atomic E-state index is -0.312. The molecule has 3 aliphatic rings. The number of nitrogens with one attached hydrogen (secondary N) is 1. The molecule has 2 atom stereocenters. The summed E-state index contributed by atoms with van der Waals surface area (Å²) in [7, 11) is 0. The molecule has 5 rings (SSSR count). The predicted octanol–water partition coefficient (Wildman–Crippen LogP) is 8.21. The lowest BCUT2D eigenvalue weighted by molar-refractivity contribution is 0.340. The first-order valence-electron chi connectivity index (χ1n) is 14.0. The Bertz CT molecular complexity index is 1450. The number of pyridine rings is 1. The highest BCUT2D eigenvalue weighted by atomic mass is 16.1. The second kappa shape index (κ2) is 9.70. The van der Waals surface area contributed by atoms with Crippen LogP contribution in [0.25, 0.3) is 16.5 Å². The van der Waals surface area contributed by atoms with Gasteiger partial charge in [0.2, 0.25) is 0 Å². The van der Waals surface area contributed by atoms with Crippen molar-refractivity contribution in [2.45, 2.75) is 92.2 Å². The molecular formula is C33H41N3O. The van der Waals surface area contributed by atoms with E-state index in [0.29, 0.717) is 11.3 Å². The topological polar surface area (TPSA) is 57.6 Å². The van der Waals surface area contributed by atoms with Crippen molar-refractivity contribution in [2.24, 2.45) is 21.3 Å². The molecule has 1 saturated carbocycles. The fourth-order valence-electron chi connectivity index (χ4n) is 6.35. The molecule has 0 spiro atoms. The van der Waals surface area contributed by atoms with Crippen molar-refractivity contribution < 1.29 is 0 Å². The van der Waals surface area contributed by atoms with Crippen LogP contribution >= 0.6 is 0 Å². The van der Waals surface area contributed by atoms with Crippen LogP contribution in [0.15, 0.2) is 73.6 Å². The number of nitrogens with zero attached hydrogens (tertiary/aromatic N) is 2. The molecule has 0 radical (unpaired) electrons. The molecule has 1 aromatic heterocycles. The van der Waals surface area contributed by atoms with Crippen LogP contribution in [-0.2, 0) is 0 Å². The first kappa shape index (κ1) is 25.6. The molecule has 194 valence electrons. The van der Waals surface area contributed by atoms with Gasteiger partial charge in [-0.2, -0.15) is 0 Å². The number of H-pyrrole nitrogens is 1. The number of benzene rings is 1. The van der Waals surface area contributed by atoms with Crippen molar-refractivity contribution >= 4 is 28.4 Å². The van der Waals surface area contributed by atoms with Crippen molar-refractivity contribution in [3.8, 4) is 0 Å². The van der Waals surface area contributed by atoms with Crippen LogP contribution in [0.1, 0.15) is 92.1 Å². The second-order valence-corrected chi connectivity index (χ2v) is 12.1. The maximum absolute atomic E-state index is 12.5. The van der Waals surface area contributed by atoms with Crippen molar-refractivity contribution in [3.05, 3.63) is 74.6 Å². The van der Waals surface area contributed by atoms with Gasteiger partial charge in [-0.05, 0) is 105 Å². The first-order valence-corrected chi connectivity index (χ1v) is 14.0. The number of fused-ring (bicyclic) bond motifs is 2. The van der Waals surface area contributed by atoms with Crippen molar-refractivity contribution in [2.75, 3.05) is 0 Å². The van der Waals surface area contributed by atoms with Crippen LogP contribution in [0.3, 0.4) is 0 Å². The number of hydrogen-bond acceptors (Lipinski definition) is 3. The number of aromatic amines is 1. The van der Waals surface area contributed by atoms with Gasteiger partial charge >= 0.3 is 0 Å². The van der Waals surface area contributed by atoms with E-state index in [1.165, 1.54) is 28.7 Å². The molecule has 0 saturated heterocycles. The molecule has 0 amide bonds. The van der Waals surface area contributed by atoms with Gasteiger partial charge in [-0.15, -0.1) is 0 Å². The summed E-state index contributed by atoms with van der Waals surface area (Å²) in [4.78, 5) is 25.2. The van der Waals surface area contributed by atoms with Crippen LogP contribution in [0, 0.1) is 11.3 Å². The van der Waals surface area contributed by atoms with E-state index < -0.39 is 0 Å². The summed E-state index contributed by atoms with van der Waals surface area (Å²) in [5.74, 6) is 0.417. The van der Waals surface area contributed by atoms with E-state index in [2.05, 4.69) is 75.8 Å². The molecule has 1 aliphatic heterocycles. The average molecular weight is 496 g/mol. The average Bonchev–Trinajstić information content (AvgIpc) is 3.43. The van der Waals surface area contributed by atoms with Crippen LogP contribution < -0.4 is 5.43 Å². The lowest BCUT2D eigenvalue weighted by Gasteiger charge is -2.24. The summed E-state index contributed by atoms with van der Waals surface area (Å²) < 4.78 is 0. The Labute approximate surface area is 221 Å². The predicted molar refractivity (Wildman–Crippen MR) is 158 cm³/mol. The zero-order chi connectivity index (χ0) is 26.4. The Morgan fingerprint density at radius 3 is 2.57 bits per heavy atom. The summed E-state index contributed by atoms with van der Waals surface area (Å²) in [6, 6.07) is 8.00. The zero-order valence-corrected chi connectivity index (χ0v) is 23.4. The van der Waals surface area contributed by atoms with E-state index in [1.807, 2.05) is 6.21 Å². The lowest BCUT2D eigenvalue weighted by atomic mass is 9.81. The van der Waals surface area contributed by atoms with Crippen molar-refractivity contribution in [3.63, 3.8) is 0 Å². The fourth-order valence-corrected chi connectivity index (χ4v) is 6.35. The molecule has 1 N–H and O–H groups in total. The van der Waals surface area contributed by atoms with Gasteiger partial charge in [0.15, 0.2) is 5.43 Å². The number of allylic oxidation sites excluding steroid dienone is 6. The van der Waals surface area contributed by atoms with E-state index in [9.17, 15) is 4.79 Å². The van der Waals surface area contributed by atoms with Crippen LogP contribution in [0.5, 0.6) is 0 Å². The Balaban J connectivity index is 1.52. The van der Waals surface area contributed by atoms with E-state index in [1.54, 1.807) is 23.4 Å². The summed E-state index contributed by atoms with van der Waals surface area (Å²) >= 11 is 0. The lowest BCUT2D eigenvalue weighted by Crippen LogP contribution is -2.15. The minimum absolute atomic E-state index is 0.0860. The van der Waals surface area contributed by atoms with Gasteiger partial charge in [-0.25, -0.2) is 0 Å². The van der Waals surface area contributed by atoms with Crippen LogP contribution in [-0.4, -0.2) is 22.6 Å². The second-order valence-electron chi connectivity index (χ2n) is 12.1. The van der Waals surface area contributed by atoms with Gasteiger partial charge in [0.25, 0.3) is 0 Å². The fraction of sp³-hybridized carbons (Fsp3) is 0.485. The highest BCUT2D eigenvalue weighted by molar-refractivity contribution is 6.33. The molecule has 1 aromatic carbocycles. The minimum Gasteiger partial charge on any atom is -0.361 e. The summed E-state index contributed by atoms with van der Waals surface area (Å²) in [5.41, 5.74) is 10.9. The third-order valence-electron chi connectivity index (χ3n) is 8.90. The van der Waals surface area contributed by atoms with E-state index in [4.69, 9.17) is 4.99 Å². The molecule has 1 fully saturated rings. The maximum atomic E-state index is 12.5. The van der Waals surface area contributed by atoms with Crippen molar-refractivity contribution in [1.29, 1.82) is 0 Å². The smallest absolute Gasteiger partial charge is 0.189 e. The number of rotatable bonds is 7. The monoisotopic (exact) mass is 495 g/mol. The van der Waals surface area contributed by atoms with E-state index >= 15 is 0 Å². The quantitative estimate of drug-likeness (QED) is 0.413. The van der Waals surface area contributed by atoms with E-state index in [-0.39, 0.29) is 11.1 Å². The summed E-state index contributed by atoms with van der Waals surface area (Å²) in [6.07, 6.45) is 13.8. The van der Waals surface area contributed by atoms with Crippen LogP contribution in [0.2, 0.25) is 0 Å². The van der Waals surface area contributed by atoms with Gasteiger partial charge in [-0.3, -0.25) is 14.8 Å². The van der Waals surface area contributed by atoms with Gasteiger partial charge < -0.3 is 4.98 Å². The third-order valence-corrected chi connectivity index (χ3v) is 8.90. The number of aliphatic imine (C=N–C) groups is 2. The molecule has 2 aliphatic carbocycles. The Morgan fingerprint density at radius 2 is 1.86 bits per heavy atom. The normalized spacial score (nSPS) is 24.2. The molecule has 0 bridgehead atoms. The van der Waals surface area contributed by atoms with Crippen LogP contribution in [0.4, 0.5) is 0 Å². The number of hydrogen-bond donors (Lipinski definition) is 1. The zero-order valence-electron chi connectivity index (χ0n) is 23.4. The van der Waals surface area contributed by atoms with E-state index in [0.717, 1.165) is 55.1 Å². The third kappa shape index (κ3) is 4.95. The summed E-state index contributed by atoms with van der Waals surface area (Å²) in [5, 5.41) is 0.781. The largest absolute Gasteiger partial charge is 0.361 e. The highest BCUT2D eigenvalue weighted by Crippen LogP contribution is 2.54. The van der Waals surface area contributed by atoms with Gasteiger partial charge in [0, 0.05) is 35.3 Å². The maximum Gasteiger partial charge on any atom is 0.189 e. The Hall–Kier alpha value is -3.01. The highest BCUT2D eigenvalue weighted by Gasteiger charge is 2.38. The van der Waals surface area contributed by atoms with Gasteiger partial charge in [0.1, 0.15) is 5.66 Å². The Morgan fingerprint density at radius 1 is 1.08 bits per heavy atom. The molecule has 4 heteroatoms. The molecule has 37 heavy (non-hydrogen) atoms. The van der Waals surface area contributed by atoms with Gasteiger partial charge in [-0.1, -0.05) is 44.9 Å². The molecule has 2 aromatic rings. The SMILES string of the molecule is CCC(C/C=C(\C)C1=C2CC(C)(CC)CC2=C(c2ccc3[nH]ccc(=O)c3c2)CC1)C1=NC(C)(C)N=C1. The first-order chi connectivity index (χ1) is 17.6. The molecule has 2 heterocycles. The molecule has 2 unspecified atom stereocenters. The number of aromatic nitrogens is 1. The Kier molecular flexibility index (Phi) is 6.72. The van der Waals surface area contributed by atoms with Gasteiger partial charge in [0.05, 0.1) is 5.71 Å². The molecular weight excluding hydrogens is 454 g/mol. The van der Waals surface area contributed by atoms with Crippen molar-refractivity contribution in [1.82, 2.24) is 4.98 Å². The molecule has 4 nitrogen and oxygen atoms in total.